The van der Waals surface area contributed by atoms with Gasteiger partial charge in [0.15, 0.2) is 12.2 Å². The van der Waals surface area contributed by atoms with Crippen LogP contribution in [0.3, 0.4) is 0 Å². The van der Waals surface area contributed by atoms with Crippen molar-refractivity contribution in [3.63, 3.8) is 0 Å². The lowest BCUT2D eigenvalue weighted by molar-refractivity contribution is -0.165. The molecule has 0 spiro atoms. The van der Waals surface area contributed by atoms with Gasteiger partial charge in [0.1, 0.15) is 0 Å². The summed E-state index contributed by atoms with van der Waals surface area (Å²) < 4.78 is 1.49. The molecule has 4 rings (SSSR count). The van der Waals surface area contributed by atoms with Crippen LogP contribution in [0.1, 0.15) is 29.5 Å². The highest BCUT2D eigenvalue weighted by molar-refractivity contribution is 8.00. The van der Waals surface area contributed by atoms with E-state index in [-0.39, 0.29) is 0 Å². The first-order valence-electron chi connectivity index (χ1n) is 9.80. The number of likely N-dealkylation sites (tertiary alicyclic amines) is 1. The third kappa shape index (κ3) is 5.55. The van der Waals surface area contributed by atoms with Gasteiger partial charge < -0.3 is 25.3 Å². The van der Waals surface area contributed by atoms with Gasteiger partial charge in [0, 0.05) is 24.4 Å². The van der Waals surface area contributed by atoms with Crippen LogP contribution in [0.25, 0.3) is 5.57 Å². The number of hydrogen-bond acceptors (Lipinski definition) is 7. The summed E-state index contributed by atoms with van der Waals surface area (Å²) in [5.41, 5.74) is 7.64. The van der Waals surface area contributed by atoms with Crippen molar-refractivity contribution in [2.45, 2.75) is 35.0 Å². The Morgan fingerprint density at radius 1 is 0.968 bits per heavy atom. The maximum absolute atomic E-state index is 9.77. The summed E-state index contributed by atoms with van der Waals surface area (Å²) in [6.07, 6.45) is -2.12. The van der Waals surface area contributed by atoms with Gasteiger partial charge >= 0.3 is 11.9 Å². The van der Waals surface area contributed by atoms with Gasteiger partial charge in [0.25, 0.3) is 0 Å². The summed E-state index contributed by atoms with van der Waals surface area (Å²) in [6, 6.07) is 11.3. The molecule has 2 aromatic rings. The molecular formula is C22H25NO6S2. The maximum atomic E-state index is 9.77. The summed E-state index contributed by atoms with van der Waals surface area (Å²) in [4.78, 5) is 22.0. The van der Waals surface area contributed by atoms with E-state index in [1.54, 1.807) is 11.1 Å². The van der Waals surface area contributed by atoms with E-state index in [0.29, 0.717) is 0 Å². The van der Waals surface area contributed by atoms with Crippen LogP contribution in [0, 0.1) is 0 Å². The van der Waals surface area contributed by atoms with E-state index in [9.17, 15) is 9.59 Å². The van der Waals surface area contributed by atoms with Gasteiger partial charge in [-0.1, -0.05) is 29.8 Å². The van der Waals surface area contributed by atoms with Crippen LogP contribution in [-0.2, 0) is 15.3 Å². The van der Waals surface area contributed by atoms with Gasteiger partial charge in [-0.15, -0.1) is 23.1 Å². The zero-order chi connectivity index (χ0) is 22.5. The lowest BCUT2D eigenvalue weighted by Crippen LogP contribution is -2.39. The van der Waals surface area contributed by atoms with Crippen molar-refractivity contribution in [1.29, 1.82) is 0 Å². The molecule has 1 fully saturated rings. The molecule has 0 bridgehead atoms. The fourth-order valence-electron chi connectivity index (χ4n) is 3.56. The Morgan fingerprint density at radius 2 is 1.58 bits per heavy atom. The molecule has 2 aliphatic rings. The summed E-state index contributed by atoms with van der Waals surface area (Å²) in [5, 5.41) is 34.8. The zero-order valence-corrected chi connectivity index (χ0v) is 18.7. The number of aliphatic hydroxyl groups excluding tert-OH is 2. The highest BCUT2D eigenvalue weighted by Crippen LogP contribution is 2.45. The molecule has 0 radical (unpaired) electrons. The number of carboxylic acids is 2. The van der Waals surface area contributed by atoms with Crippen molar-refractivity contribution in [3.8, 4) is 0 Å². The van der Waals surface area contributed by atoms with Crippen LogP contribution >= 0.6 is 23.1 Å². The van der Waals surface area contributed by atoms with Gasteiger partial charge in [-0.3, -0.25) is 0 Å². The van der Waals surface area contributed by atoms with E-state index in [1.165, 1.54) is 46.8 Å². The molecule has 2 aliphatic heterocycles. The van der Waals surface area contributed by atoms with Crippen molar-refractivity contribution >= 4 is 40.6 Å². The Balaban J connectivity index is 0.000000233. The first kappa shape index (κ1) is 23.5. The highest BCUT2D eigenvalue weighted by Gasteiger charge is 2.29. The summed E-state index contributed by atoms with van der Waals surface area (Å²) in [5.74, 6) is -2.44. The second kappa shape index (κ2) is 10.4. The number of thioether (sulfide) groups is 1. The maximum Gasteiger partial charge on any atom is 0.335 e. The first-order chi connectivity index (χ1) is 14.8. The fraction of sp³-hybridized carbons (Fsp3) is 0.364. The quantitative estimate of drug-likeness (QED) is 0.549. The second-order valence-corrected chi connectivity index (χ2v) is 9.58. The number of hydrogen-bond donors (Lipinski definition) is 4. The standard InChI is InChI=1S/C18H19NS2.C4H6O6/c1-19-9-6-13(7-10-19)17-15-5-3-2-4-14(15)12-21-18-16(17)8-11-20-18;5-1(3(7)8)2(6)4(9)10/h2-5,8,11H,6-7,9-10,12H2,1H3;1-2,5-6H,(H,7,8)(H,9,10). The number of nitrogens with zero attached hydrogens (tertiary/aromatic N) is 1. The van der Waals surface area contributed by atoms with Gasteiger partial charge in [-0.05, 0) is 48.0 Å². The molecule has 1 aromatic carbocycles. The van der Waals surface area contributed by atoms with Crippen molar-refractivity contribution in [1.82, 2.24) is 4.90 Å². The van der Waals surface area contributed by atoms with Crippen LogP contribution in [0.15, 0.2) is 45.5 Å². The van der Waals surface area contributed by atoms with Crippen LogP contribution in [0.5, 0.6) is 0 Å². The number of fused-ring (bicyclic) bond motifs is 2. The minimum absolute atomic E-state index is 1.10. The number of thiophene rings is 1. The predicted octanol–water partition coefficient (Wildman–Crippen LogP) is 2.76. The average molecular weight is 464 g/mol. The molecule has 2 unspecified atom stereocenters. The molecule has 0 amide bonds. The molecule has 4 N–H and O–H groups in total. The van der Waals surface area contributed by atoms with E-state index in [2.05, 4.69) is 47.7 Å². The van der Waals surface area contributed by atoms with Crippen LogP contribution in [0.4, 0.5) is 0 Å². The summed E-state index contributed by atoms with van der Waals surface area (Å²) in [6.45, 7) is 2.38. The Hall–Kier alpha value is -2.17. The normalized spacial score (nSPS) is 18.0. The third-order valence-corrected chi connectivity index (χ3v) is 7.58. The molecular weight excluding hydrogens is 438 g/mol. The molecule has 3 heterocycles. The van der Waals surface area contributed by atoms with Crippen molar-refractivity contribution in [2.24, 2.45) is 0 Å². The largest absolute Gasteiger partial charge is 0.479 e. The van der Waals surface area contributed by atoms with Crippen LogP contribution in [0.2, 0.25) is 0 Å². The van der Waals surface area contributed by atoms with Crippen LogP contribution < -0.4 is 0 Å². The molecule has 1 saturated heterocycles. The van der Waals surface area contributed by atoms with E-state index in [0.717, 1.165) is 5.75 Å². The zero-order valence-electron chi connectivity index (χ0n) is 17.0. The van der Waals surface area contributed by atoms with Gasteiger partial charge in [-0.2, -0.15) is 0 Å². The van der Waals surface area contributed by atoms with Gasteiger partial charge in [0.2, 0.25) is 0 Å². The lowest BCUT2D eigenvalue weighted by Gasteiger charge is -2.27. The third-order valence-electron chi connectivity index (χ3n) is 5.29. The van der Waals surface area contributed by atoms with Crippen LogP contribution in [-0.4, -0.2) is 69.6 Å². The Morgan fingerprint density at radius 3 is 2.19 bits per heavy atom. The predicted molar refractivity (Wildman–Crippen MR) is 120 cm³/mol. The van der Waals surface area contributed by atoms with Gasteiger partial charge in [0.05, 0.1) is 4.21 Å². The lowest BCUT2D eigenvalue weighted by atomic mass is 9.88. The van der Waals surface area contributed by atoms with E-state index in [4.69, 9.17) is 20.4 Å². The number of aliphatic carboxylic acids is 2. The monoisotopic (exact) mass is 463 g/mol. The molecule has 31 heavy (non-hydrogen) atoms. The second-order valence-electron chi connectivity index (χ2n) is 7.42. The topological polar surface area (TPSA) is 118 Å². The number of carbonyl (C=O) groups is 2. The van der Waals surface area contributed by atoms with E-state index >= 15 is 0 Å². The average Bonchev–Trinajstić information content (AvgIpc) is 3.16. The number of carboxylic acid groups (broad SMARTS) is 2. The summed E-state index contributed by atoms with van der Waals surface area (Å²) in [7, 11) is 2.23. The molecule has 7 nitrogen and oxygen atoms in total. The van der Waals surface area contributed by atoms with Crippen molar-refractivity contribution in [2.75, 3.05) is 20.1 Å². The first-order valence-corrected chi connectivity index (χ1v) is 11.7. The molecule has 0 saturated carbocycles. The SMILES string of the molecule is CN1CCC(=C2c3ccccc3CSc3sccc32)CC1.O=C(O)C(O)C(O)C(=O)O. The van der Waals surface area contributed by atoms with E-state index < -0.39 is 24.1 Å². The highest BCUT2D eigenvalue weighted by atomic mass is 32.2. The van der Waals surface area contributed by atoms with Crippen molar-refractivity contribution in [3.05, 3.63) is 58.0 Å². The van der Waals surface area contributed by atoms with Crippen molar-refractivity contribution < 1.29 is 30.0 Å². The Labute approximate surface area is 188 Å². The molecule has 1 aromatic heterocycles. The Bertz CT molecular complexity index is 958. The Kier molecular flexibility index (Phi) is 7.90. The minimum atomic E-state index is -2.27. The smallest absolute Gasteiger partial charge is 0.335 e. The van der Waals surface area contributed by atoms with E-state index in [1.807, 2.05) is 23.1 Å². The molecule has 0 aliphatic carbocycles. The number of rotatable bonds is 3. The number of benzene rings is 1. The molecule has 166 valence electrons. The number of piperidine rings is 1. The minimum Gasteiger partial charge on any atom is -0.479 e. The molecule has 2 atom stereocenters. The fourth-order valence-corrected chi connectivity index (χ4v) is 5.66. The summed E-state index contributed by atoms with van der Waals surface area (Å²) >= 11 is 3.90. The molecule has 9 heteroatoms. The number of aliphatic hydroxyl groups is 2. The van der Waals surface area contributed by atoms with Gasteiger partial charge in [-0.25, -0.2) is 9.59 Å².